The number of aromatic nitrogens is 2. The molecule has 0 unspecified atom stereocenters. The van der Waals surface area contributed by atoms with Gasteiger partial charge in [0.15, 0.2) is 0 Å². The van der Waals surface area contributed by atoms with Crippen molar-refractivity contribution >= 4 is 11.3 Å². The molecule has 0 saturated carbocycles. The molecule has 5 heteroatoms. The molecule has 0 saturated heterocycles. The highest BCUT2D eigenvalue weighted by molar-refractivity contribution is 7.13. The molecule has 3 aromatic rings. The summed E-state index contributed by atoms with van der Waals surface area (Å²) in [5.74, 6) is 0. The fourth-order valence-electron chi connectivity index (χ4n) is 2.98. The van der Waals surface area contributed by atoms with Crippen LogP contribution in [-0.2, 0) is 19.6 Å². The molecular formula is C20H26N4S. The molecule has 2 heterocycles. The number of aromatic amines is 1. The van der Waals surface area contributed by atoms with Gasteiger partial charge in [-0.15, -0.1) is 11.3 Å². The Morgan fingerprint density at radius 1 is 1.00 bits per heavy atom. The van der Waals surface area contributed by atoms with Gasteiger partial charge >= 0.3 is 0 Å². The Kier molecular flexibility index (Phi) is 6.39. The summed E-state index contributed by atoms with van der Waals surface area (Å²) in [7, 11) is 0. The molecule has 0 aliphatic carbocycles. The van der Waals surface area contributed by atoms with E-state index in [2.05, 4.69) is 76.0 Å². The normalized spacial score (nSPS) is 11.3. The van der Waals surface area contributed by atoms with E-state index in [-0.39, 0.29) is 0 Å². The van der Waals surface area contributed by atoms with Crippen molar-refractivity contribution in [2.24, 2.45) is 0 Å². The van der Waals surface area contributed by atoms with Gasteiger partial charge in [0.25, 0.3) is 0 Å². The lowest BCUT2D eigenvalue weighted by atomic mass is 10.1. The third-order valence-corrected chi connectivity index (χ3v) is 5.41. The van der Waals surface area contributed by atoms with E-state index in [1.165, 1.54) is 21.6 Å². The topological polar surface area (TPSA) is 44.0 Å². The summed E-state index contributed by atoms with van der Waals surface area (Å²) in [6.45, 7) is 9.28. The molecule has 25 heavy (non-hydrogen) atoms. The van der Waals surface area contributed by atoms with E-state index in [4.69, 9.17) is 0 Å². The highest BCUT2D eigenvalue weighted by Crippen LogP contribution is 2.25. The molecule has 132 valence electrons. The monoisotopic (exact) mass is 354 g/mol. The first kappa shape index (κ1) is 17.9. The number of H-pyrrole nitrogens is 1. The average Bonchev–Trinajstić information content (AvgIpc) is 3.32. The standard InChI is InChI=1S/C20H26N4S/c1-3-24(4-2)15-17-9-6-5-8-16(17)12-21-13-18-14-22-23-20(18)19-10-7-11-25-19/h5-11,14,21H,3-4,12-13,15H2,1-2H3,(H,22,23). The largest absolute Gasteiger partial charge is 0.308 e. The van der Waals surface area contributed by atoms with Gasteiger partial charge in [0.1, 0.15) is 0 Å². The van der Waals surface area contributed by atoms with Gasteiger partial charge in [-0.2, -0.15) is 5.10 Å². The summed E-state index contributed by atoms with van der Waals surface area (Å²) >= 11 is 1.73. The molecular weight excluding hydrogens is 328 g/mol. The van der Waals surface area contributed by atoms with Crippen molar-refractivity contribution in [3.8, 4) is 10.6 Å². The molecule has 0 atom stereocenters. The second-order valence-corrected chi connectivity index (χ2v) is 7.03. The van der Waals surface area contributed by atoms with Crippen molar-refractivity contribution < 1.29 is 0 Å². The quantitative estimate of drug-likeness (QED) is 0.603. The summed E-state index contributed by atoms with van der Waals surface area (Å²) in [6, 6.07) is 12.9. The molecule has 0 radical (unpaired) electrons. The minimum Gasteiger partial charge on any atom is -0.308 e. The van der Waals surface area contributed by atoms with Gasteiger partial charge in [0.05, 0.1) is 16.8 Å². The van der Waals surface area contributed by atoms with Gasteiger partial charge in [-0.3, -0.25) is 10.00 Å². The minimum atomic E-state index is 0.809. The fourth-order valence-corrected chi connectivity index (χ4v) is 3.74. The minimum absolute atomic E-state index is 0.809. The van der Waals surface area contributed by atoms with E-state index < -0.39 is 0 Å². The van der Waals surface area contributed by atoms with Crippen LogP contribution in [0.5, 0.6) is 0 Å². The van der Waals surface area contributed by atoms with Crippen molar-refractivity contribution in [3.63, 3.8) is 0 Å². The van der Waals surface area contributed by atoms with E-state index in [1.807, 2.05) is 6.20 Å². The van der Waals surface area contributed by atoms with Crippen LogP contribution in [-0.4, -0.2) is 28.2 Å². The van der Waals surface area contributed by atoms with Gasteiger partial charge in [-0.05, 0) is 35.7 Å². The van der Waals surface area contributed by atoms with Crippen LogP contribution in [0.25, 0.3) is 10.6 Å². The first-order valence-electron chi connectivity index (χ1n) is 8.87. The van der Waals surface area contributed by atoms with Crippen LogP contribution in [0.1, 0.15) is 30.5 Å². The first-order chi connectivity index (χ1) is 12.3. The lowest BCUT2D eigenvalue weighted by Gasteiger charge is -2.20. The number of hydrogen-bond donors (Lipinski definition) is 2. The third-order valence-electron chi connectivity index (χ3n) is 4.52. The summed E-state index contributed by atoms with van der Waals surface area (Å²) in [5.41, 5.74) is 5.11. The van der Waals surface area contributed by atoms with Gasteiger partial charge in [-0.1, -0.05) is 44.2 Å². The van der Waals surface area contributed by atoms with E-state index in [9.17, 15) is 0 Å². The van der Waals surface area contributed by atoms with E-state index in [0.717, 1.165) is 38.4 Å². The van der Waals surface area contributed by atoms with Crippen LogP contribution in [0.2, 0.25) is 0 Å². The summed E-state index contributed by atoms with van der Waals surface area (Å²) in [4.78, 5) is 3.68. The molecule has 0 bridgehead atoms. The van der Waals surface area contributed by atoms with Crippen LogP contribution in [0.3, 0.4) is 0 Å². The number of rotatable bonds is 9. The number of nitrogens with zero attached hydrogens (tertiary/aromatic N) is 2. The molecule has 0 aliphatic heterocycles. The second kappa shape index (κ2) is 8.94. The van der Waals surface area contributed by atoms with Crippen LogP contribution in [0.4, 0.5) is 0 Å². The third kappa shape index (κ3) is 4.57. The number of thiophene rings is 1. The Labute approximate surface area is 153 Å². The Bertz CT molecular complexity index is 760. The zero-order valence-corrected chi connectivity index (χ0v) is 15.8. The zero-order chi connectivity index (χ0) is 17.5. The smallest absolute Gasteiger partial charge is 0.0794 e. The van der Waals surface area contributed by atoms with E-state index in [1.54, 1.807) is 11.3 Å². The second-order valence-electron chi connectivity index (χ2n) is 6.08. The molecule has 4 nitrogen and oxygen atoms in total. The van der Waals surface area contributed by atoms with Crippen LogP contribution >= 0.6 is 11.3 Å². The van der Waals surface area contributed by atoms with Crippen LogP contribution < -0.4 is 5.32 Å². The van der Waals surface area contributed by atoms with E-state index in [0.29, 0.717) is 0 Å². The van der Waals surface area contributed by atoms with E-state index >= 15 is 0 Å². The van der Waals surface area contributed by atoms with Gasteiger partial charge in [-0.25, -0.2) is 0 Å². The Balaban J connectivity index is 1.63. The Morgan fingerprint density at radius 2 is 1.76 bits per heavy atom. The van der Waals surface area contributed by atoms with Gasteiger partial charge < -0.3 is 5.32 Å². The molecule has 2 aromatic heterocycles. The SMILES string of the molecule is CCN(CC)Cc1ccccc1CNCc1cn[nH]c1-c1cccs1. The molecule has 3 rings (SSSR count). The molecule has 0 amide bonds. The van der Waals surface area contributed by atoms with Crippen LogP contribution in [0, 0.1) is 0 Å². The molecule has 2 N–H and O–H groups in total. The Hall–Kier alpha value is -1.95. The fraction of sp³-hybridized carbons (Fsp3) is 0.350. The molecule has 0 fully saturated rings. The van der Waals surface area contributed by atoms with Gasteiger partial charge in [0, 0.05) is 25.2 Å². The molecule has 0 aliphatic rings. The maximum absolute atomic E-state index is 4.22. The number of hydrogen-bond acceptors (Lipinski definition) is 4. The van der Waals surface area contributed by atoms with Crippen molar-refractivity contribution in [3.05, 3.63) is 64.7 Å². The predicted octanol–water partition coefficient (Wildman–Crippen LogP) is 4.27. The summed E-state index contributed by atoms with van der Waals surface area (Å²) < 4.78 is 0. The van der Waals surface area contributed by atoms with Crippen molar-refractivity contribution in [1.29, 1.82) is 0 Å². The Morgan fingerprint density at radius 3 is 2.48 bits per heavy atom. The first-order valence-corrected chi connectivity index (χ1v) is 9.75. The van der Waals surface area contributed by atoms with Crippen molar-refractivity contribution in [2.45, 2.75) is 33.5 Å². The number of nitrogens with one attached hydrogen (secondary N) is 2. The van der Waals surface area contributed by atoms with Gasteiger partial charge in [0.2, 0.25) is 0 Å². The highest BCUT2D eigenvalue weighted by Gasteiger charge is 2.09. The average molecular weight is 355 g/mol. The molecule has 1 aromatic carbocycles. The number of benzene rings is 1. The highest BCUT2D eigenvalue weighted by atomic mass is 32.1. The summed E-state index contributed by atoms with van der Waals surface area (Å²) in [5, 5.41) is 13.0. The maximum Gasteiger partial charge on any atom is 0.0794 e. The predicted molar refractivity (Wildman–Crippen MR) is 106 cm³/mol. The lowest BCUT2D eigenvalue weighted by Crippen LogP contribution is -2.23. The molecule has 0 spiro atoms. The lowest BCUT2D eigenvalue weighted by molar-refractivity contribution is 0.294. The van der Waals surface area contributed by atoms with Crippen molar-refractivity contribution in [1.82, 2.24) is 20.4 Å². The summed E-state index contributed by atoms with van der Waals surface area (Å²) in [6.07, 6.45) is 1.92. The van der Waals surface area contributed by atoms with Crippen molar-refractivity contribution in [2.75, 3.05) is 13.1 Å². The zero-order valence-electron chi connectivity index (χ0n) is 15.0. The van der Waals surface area contributed by atoms with Crippen LogP contribution in [0.15, 0.2) is 48.0 Å². The maximum atomic E-state index is 4.22.